The number of esters is 2. The Labute approximate surface area is 239 Å². The molecule has 0 saturated carbocycles. The SMILES string of the molecule is CCOC(=O)C1=C(C)N=c2s/c(=C\c3ccc(OC(C)=O)c(OC)c3)c(=O)n2[C@@H]1c1c(OC)ccc2ccccc12. The number of allylic oxidation sites excluding steroid dienone is 1. The summed E-state index contributed by atoms with van der Waals surface area (Å²) in [7, 11) is 3.03. The summed E-state index contributed by atoms with van der Waals surface area (Å²) in [4.78, 5) is 44.0. The Bertz CT molecular complexity index is 1900. The van der Waals surface area contributed by atoms with Gasteiger partial charge in [0, 0.05) is 12.5 Å². The lowest BCUT2D eigenvalue weighted by Crippen LogP contribution is -2.40. The molecule has 9 nitrogen and oxygen atoms in total. The van der Waals surface area contributed by atoms with Crippen LogP contribution in [-0.4, -0.2) is 37.3 Å². The monoisotopic (exact) mass is 572 g/mol. The molecule has 5 rings (SSSR count). The van der Waals surface area contributed by atoms with Crippen LogP contribution in [0.5, 0.6) is 17.2 Å². The highest BCUT2D eigenvalue weighted by Crippen LogP contribution is 2.40. The van der Waals surface area contributed by atoms with Crippen molar-refractivity contribution in [2.24, 2.45) is 4.99 Å². The minimum absolute atomic E-state index is 0.171. The van der Waals surface area contributed by atoms with Gasteiger partial charge in [0.25, 0.3) is 5.56 Å². The number of hydrogen-bond donors (Lipinski definition) is 0. The average molecular weight is 573 g/mol. The van der Waals surface area contributed by atoms with E-state index in [1.54, 1.807) is 45.2 Å². The Morgan fingerprint density at radius 3 is 2.46 bits per heavy atom. The number of methoxy groups -OCH3 is 2. The summed E-state index contributed by atoms with van der Waals surface area (Å²) < 4.78 is 23.7. The summed E-state index contributed by atoms with van der Waals surface area (Å²) in [5.41, 5.74) is 1.73. The second kappa shape index (κ2) is 11.4. The molecule has 10 heteroatoms. The fraction of sp³-hybridized carbons (Fsp3) is 0.226. The van der Waals surface area contributed by atoms with Crippen molar-refractivity contribution in [3.8, 4) is 17.2 Å². The summed E-state index contributed by atoms with van der Waals surface area (Å²) in [5, 5.41) is 1.77. The van der Waals surface area contributed by atoms with Gasteiger partial charge in [0.05, 0.1) is 36.6 Å². The minimum Gasteiger partial charge on any atom is -0.496 e. The van der Waals surface area contributed by atoms with Crippen LogP contribution < -0.4 is 29.1 Å². The molecule has 2 heterocycles. The van der Waals surface area contributed by atoms with Crippen molar-refractivity contribution in [1.29, 1.82) is 0 Å². The first kappa shape index (κ1) is 27.9. The fourth-order valence-electron chi connectivity index (χ4n) is 4.96. The molecule has 1 aliphatic heterocycles. The van der Waals surface area contributed by atoms with E-state index in [2.05, 4.69) is 4.99 Å². The molecule has 0 spiro atoms. The zero-order valence-corrected chi connectivity index (χ0v) is 24.0. The van der Waals surface area contributed by atoms with Crippen molar-refractivity contribution in [1.82, 2.24) is 4.57 Å². The van der Waals surface area contributed by atoms with Crippen LogP contribution in [-0.2, 0) is 14.3 Å². The number of carbonyl (C=O) groups is 2. The van der Waals surface area contributed by atoms with Crippen LogP contribution in [0.15, 0.2) is 75.7 Å². The van der Waals surface area contributed by atoms with Crippen molar-refractivity contribution in [3.05, 3.63) is 96.7 Å². The van der Waals surface area contributed by atoms with Gasteiger partial charge in [0.15, 0.2) is 16.3 Å². The highest BCUT2D eigenvalue weighted by atomic mass is 32.1. The van der Waals surface area contributed by atoms with Crippen molar-refractivity contribution in [3.63, 3.8) is 0 Å². The molecule has 3 aromatic carbocycles. The van der Waals surface area contributed by atoms with Crippen molar-refractivity contribution >= 4 is 40.1 Å². The highest BCUT2D eigenvalue weighted by molar-refractivity contribution is 7.07. The molecule has 1 aliphatic rings. The molecule has 1 aromatic heterocycles. The second-order valence-electron chi connectivity index (χ2n) is 9.21. The van der Waals surface area contributed by atoms with E-state index in [4.69, 9.17) is 18.9 Å². The maximum absolute atomic E-state index is 14.1. The van der Waals surface area contributed by atoms with E-state index >= 15 is 0 Å². The number of hydrogen-bond acceptors (Lipinski definition) is 9. The Morgan fingerprint density at radius 2 is 1.76 bits per heavy atom. The normalized spacial score (nSPS) is 14.9. The summed E-state index contributed by atoms with van der Waals surface area (Å²) in [6.07, 6.45) is 1.71. The molecule has 0 unspecified atom stereocenters. The second-order valence-corrected chi connectivity index (χ2v) is 10.2. The first-order valence-electron chi connectivity index (χ1n) is 12.9. The minimum atomic E-state index is -0.839. The predicted molar refractivity (Wildman–Crippen MR) is 155 cm³/mol. The molecule has 210 valence electrons. The molecule has 4 aromatic rings. The van der Waals surface area contributed by atoms with Crippen molar-refractivity contribution < 1.29 is 28.5 Å². The maximum Gasteiger partial charge on any atom is 0.338 e. The van der Waals surface area contributed by atoms with E-state index in [-0.39, 0.29) is 23.5 Å². The number of nitrogens with zero attached hydrogens (tertiary/aromatic N) is 2. The topological polar surface area (TPSA) is 105 Å². The number of rotatable bonds is 7. The smallest absolute Gasteiger partial charge is 0.338 e. The highest BCUT2D eigenvalue weighted by Gasteiger charge is 2.36. The van der Waals surface area contributed by atoms with Gasteiger partial charge in [-0.15, -0.1) is 0 Å². The molecular weight excluding hydrogens is 544 g/mol. The van der Waals surface area contributed by atoms with Gasteiger partial charge in [-0.3, -0.25) is 14.2 Å². The van der Waals surface area contributed by atoms with Gasteiger partial charge in [0.2, 0.25) is 0 Å². The number of ether oxygens (including phenoxy) is 4. The molecular formula is C31H28N2O7S. The molecule has 41 heavy (non-hydrogen) atoms. The van der Waals surface area contributed by atoms with Crippen molar-refractivity contribution in [2.75, 3.05) is 20.8 Å². The Balaban J connectivity index is 1.77. The number of aromatic nitrogens is 1. The molecule has 0 radical (unpaired) electrons. The van der Waals surface area contributed by atoms with Crippen molar-refractivity contribution in [2.45, 2.75) is 26.8 Å². The lowest BCUT2D eigenvalue weighted by atomic mass is 9.90. The summed E-state index contributed by atoms with van der Waals surface area (Å²) in [5.74, 6) is 0.136. The average Bonchev–Trinajstić information content (AvgIpc) is 3.26. The summed E-state index contributed by atoms with van der Waals surface area (Å²) in [6, 6.07) is 15.7. The molecule has 0 bridgehead atoms. The third-order valence-corrected chi connectivity index (χ3v) is 7.66. The van der Waals surface area contributed by atoms with Crippen LogP contribution in [0, 0.1) is 0 Å². The van der Waals surface area contributed by atoms with E-state index in [0.29, 0.717) is 37.7 Å². The van der Waals surface area contributed by atoms with Gasteiger partial charge >= 0.3 is 11.9 Å². The first-order chi connectivity index (χ1) is 19.8. The predicted octanol–water partition coefficient (Wildman–Crippen LogP) is 3.89. The molecule has 0 fully saturated rings. The largest absolute Gasteiger partial charge is 0.496 e. The Morgan fingerprint density at radius 1 is 1.02 bits per heavy atom. The van der Waals surface area contributed by atoms with Gasteiger partial charge in [-0.25, -0.2) is 9.79 Å². The van der Waals surface area contributed by atoms with E-state index in [0.717, 1.165) is 10.8 Å². The first-order valence-corrected chi connectivity index (χ1v) is 13.7. The van der Waals surface area contributed by atoms with E-state index in [1.807, 2.05) is 36.4 Å². The molecule has 0 saturated heterocycles. The quantitative estimate of drug-likeness (QED) is 0.244. The third-order valence-electron chi connectivity index (χ3n) is 6.68. The Hall–Kier alpha value is -4.70. The fourth-order valence-corrected chi connectivity index (χ4v) is 6.01. The third kappa shape index (κ3) is 5.14. The van der Waals surface area contributed by atoms with Gasteiger partial charge in [-0.1, -0.05) is 47.7 Å². The van der Waals surface area contributed by atoms with Crippen LogP contribution in [0.3, 0.4) is 0 Å². The molecule has 1 atom stereocenters. The van der Waals surface area contributed by atoms with Crippen LogP contribution in [0.25, 0.3) is 16.8 Å². The lowest BCUT2D eigenvalue weighted by molar-refractivity contribution is -0.139. The Kier molecular flexibility index (Phi) is 7.76. The van der Waals surface area contributed by atoms with Crippen LogP contribution in [0.2, 0.25) is 0 Å². The zero-order valence-electron chi connectivity index (χ0n) is 23.2. The number of fused-ring (bicyclic) bond motifs is 2. The van der Waals surface area contributed by atoms with Gasteiger partial charge in [0.1, 0.15) is 11.8 Å². The standard InChI is InChI=1S/C31H28N2O7S/c1-6-39-30(36)26-17(2)32-31-33(28(26)27-21-10-8-7-9-20(21)12-14-23(27)37-4)29(35)25(41-31)16-19-11-13-22(40-18(3)34)24(15-19)38-5/h7-16,28H,6H2,1-5H3/b25-16-/t28-/m0/s1. The number of carbonyl (C=O) groups excluding carboxylic acids is 2. The van der Waals surface area contributed by atoms with E-state index in [9.17, 15) is 14.4 Å². The van der Waals surface area contributed by atoms with E-state index in [1.165, 1.54) is 29.9 Å². The van der Waals surface area contributed by atoms with Gasteiger partial charge in [-0.05, 0) is 54.5 Å². The molecule has 0 amide bonds. The van der Waals surface area contributed by atoms with Gasteiger partial charge in [-0.2, -0.15) is 0 Å². The molecule has 0 N–H and O–H groups in total. The lowest BCUT2D eigenvalue weighted by Gasteiger charge is -2.27. The van der Waals surface area contributed by atoms with Crippen LogP contribution in [0.4, 0.5) is 0 Å². The van der Waals surface area contributed by atoms with Gasteiger partial charge < -0.3 is 18.9 Å². The van der Waals surface area contributed by atoms with Crippen LogP contribution in [0.1, 0.15) is 37.9 Å². The number of thiazole rings is 1. The maximum atomic E-state index is 14.1. The van der Waals surface area contributed by atoms with Crippen LogP contribution >= 0.6 is 11.3 Å². The summed E-state index contributed by atoms with van der Waals surface area (Å²) in [6.45, 7) is 4.96. The number of benzene rings is 3. The van der Waals surface area contributed by atoms with E-state index < -0.39 is 18.0 Å². The zero-order chi connectivity index (χ0) is 29.3. The summed E-state index contributed by atoms with van der Waals surface area (Å²) >= 11 is 1.21. The molecule has 0 aliphatic carbocycles.